The Kier molecular flexibility index (Phi) is 5.82. The van der Waals surface area contributed by atoms with E-state index in [1.165, 1.54) is 0 Å². The van der Waals surface area contributed by atoms with E-state index in [0.717, 1.165) is 38.2 Å². The molecule has 0 spiro atoms. The number of nitrogens with zero attached hydrogens (tertiary/aromatic N) is 2. The Hall–Kier alpha value is -1.33. The highest BCUT2D eigenvalue weighted by Crippen LogP contribution is 2.22. The number of piperidine rings is 1. The maximum absolute atomic E-state index is 12.1. The molecule has 5 nitrogen and oxygen atoms in total. The maximum Gasteiger partial charge on any atom is 0.223 e. The van der Waals surface area contributed by atoms with Gasteiger partial charge in [0.1, 0.15) is 5.82 Å². The lowest BCUT2D eigenvalue weighted by Crippen LogP contribution is -2.45. The van der Waals surface area contributed by atoms with Crippen LogP contribution in [0.15, 0.2) is 18.3 Å². The minimum absolute atomic E-state index is 0.00419. The molecule has 1 saturated heterocycles. The van der Waals surface area contributed by atoms with Crippen molar-refractivity contribution in [3.63, 3.8) is 0 Å². The van der Waals surface area contributed by atoms with Gasteiger partial charge in [0.25, 0.3) is 0 Å². The Morgan fingerprint density at radius 3 is 2.76 bits per heavy atom. The van der Waals surface area contributed by atoms with Gasteiger partial charge in [-0.2, -0.15) is 0 Å². The standard InChI is InChI=1S/C15H22ClN3O2/c1-2-13(10-20)18-15(21)11-5-7-19(8-6-11)14-4-3-12(16)9-17-14/h3-4,9,11,13,20H,2,5-8,10H2,1H3,(H,18,21). The zero-order valence-electron chi connectivity index (χ0n) is 12.3. The third-order valence-electron chi connectivity index (χ3n) is 3.96. The van der Waals surface area contributed by atoms with E-state index in [1.54, 1.807) is 6.20 Å². The number of amides is 1. The van der Waals surface area contributed by atoms with E-state index in [9.17, 15) is 4.79 Å². The summed E-state index contributed by atoms with van der Waals surface area (Å²) in [5.41, 5.74) is 0. The van der Waals surface area contributed by atoms with Crippen LogP contribution in [0.5, 0.6) is 0 Å². The number of aliphatic hydroxyl groups excluding tert-OH is 1. The topological polar surface area (TPSA) is 65.5 Å². The summed E-state index contributed by atoms with van der Waals surface area (Å²) >= 11 is 5.84. The van der Waals surface area contributed by atoms with Crippen LogP contribution in [-0.4, -0.2) is 41.7 Å². The first kappa shape index (κ1) is 16.0. The summed E-state index contributed by atoms with van der Waals surface area (Å²) in [5, 5.41) is 12.7. The molecular weight excluding hydrogens is 290 g/mol. The lowest BCUT2D eigenvalue weighted by atomic mass is 9.95. The van der Waals surface area contributed by atoms with Gasteiger partial charge in [0.05, 0.1) is 17.7 Å². The van der Waals surface area contributed by atoms with Crippen LogP contribution >= 0.6 is 11.6 Å². The highest BCUT2D eigenvalue weighted by Gasteiger charge is 2.26. The molecule has 2 rings (SSSR count). The van der Waals surface area contributed by atoms with E-state index in [4.69, 9.17) is 16.7 Å². The van der Waals surface area contributed by atoms with Gasteiger partial charge < -0.3 is 15.3 Å². The molecule has 0 aliphatic carbocycles. The van der Waals surface area contributed by atoms with E-state index in [1.807, 2.05) is 19.1 Å². The minimum Gasteiger partial charge on any atom is -0.394 e. The molecule has 1 aromatic rings. The number of carbonyl (C=O) groups is 1. The molecule has 21 heavy (non-hydrogen) atoms. The largest absolute Gasteiger partial charge is 0.394 e. The fourth-order valence-electron chi connectivity index (χ4n) is 2.52. The van der Waals surface area contributed by atoms with Gasteiger partial charge in [-0.3, -0.25) is 4.79 Å². The van der Waals surface area contributed by atoms with Crippen molar-refractivity contribution in [2.45, 2.75) is 32.2 Å². The van der Waals surface area contributed by atoms with E-state index < -0.39 is 0 Å². The van der Waals surface area contributed by atoms with Crippen molar-refractivity contribution in [2.75, 3.05) is 24.6 Å². The molecule has 1 aliphatic rings. The molecule has 0 radical (unpaired) electrons. The molecule has 116 valence electrons. The van der Waals surface area contributed by atoms with Crippen LogP contribution in [0.4, 0.5) is 5.82 Å². The van der Waals surface area contributed by atoms with Crippen molar-refractivity contribution in [2.24, 2.45) is 5.92 Å². The monoisotopic (exact) mass is 311 g/mol. The van der Waals surface area contributed by atoms with Gasteiger partial charge in [-0.1, -0.05) is 18.5 Å². The first-order valence-electron chi connectivity index (χ1n) is 7.41. The SMILES string of the molecule is CCC(CO)NC(=O)C1CCN(c2ccc(Cl)cn2)CC1. The zero-order chi connectivity index (χ0) is 15.2. The van der Waals surface area contributed by atoms with Crippen LogP contribution < -0.4 is 10.2 Å². The normalized spacial score (nSPS) is 17.6. The van der Waals surface area contributed by atoms with Crippen LogP contribution in [0, 0.1) is 5.92 Å². The van der Waals surface area contributed by atoms with E-state index in [-0.39, 0.29) is 24.5 Å². The second-order valence-electron chi connectivity index (χ2n) is 5.39. The van der Waals surface area contributed by atoms with Crippen molar-refractivity contribution >= 4 is 23.3 Å². The number of aromatic nitrogens is 1. The van der Waals surface area contributed by atoms with Crippen molar-refractivity contribution in [1.29, 1.82) is 0 Å². The summed E-state index contributed by atoms with van der Waals surface area (Å²) in [6.07, 6.45) is 3.99. The molecule has 0 bridgehead atoms. The molecule has 0 aromatic carbocycles. The first-order valence-corrected chi connectivity index (χ1v) is 7.79. The van der Waals surface area contributed by atoms with Crippen molar-refractivity contribution in [1.82, 2.24) is 10.3 Å². The number of pyridine rings is 1. The molecule has 0 saturated carbocycles. The number of rotatable bonds is 5. The third-order valence-corrected chi connectivity index (χ3v) is 4.18. The summed E-state index contributed by atoms with van der Waals surface area (Å²) in [7, 11) is 0. The summed E-state index contributed by atoms with van der Waals surface area (Å²) < 4.78 is 0. The van der Waals surface area contributed by atoms with Gasteiger partial charge in [0.2, 0.25) is 5.91 Å². The molecule has 1 amide bonds. The molecule has 1 unspecified atom stereocenters. The summed E-state index contributed by atoms with van der Waals surface area (Å²) in [5.74, 6) is 0.980. The van der Waals surface area contributed by atoms with Gasteiger partial charge in [0, 0.05) is 25.2 Å². The number of halogens is 1. The predicted molar refractivity (Wildman–Crippen MR) is 83.5 cm³/mol. The molecule has 2 N–H and O–H groups in total. The summed E-state index contributed by atoms with van der Waals surface area (Å²) in [6.45, 7) is 3.57. The Morgan fingerprint density at radius 2 is 2.24 bits per heavy atom. The lowest BCUT2D eigenvalue weighted by molar-refractivity contribution is -0.126. The number of hydrogen-bond donors (Lipinski definition) is 2. The molecule has 1 aromatic heterocycles. The Morgan fingerprint density at radius 1 is 1.52 bits per heavy atom. The van der Waals surface area contributed by atoms with Crippen LogP contribution in [0.25, 0.3) is 0 Å². The van der Waals surface area contributed by atoms with E-state index in [0.29, 0.717) is 5.02 Å². The third kappa shape index (κ3) is 4.32. The molecule has 2 heterocycles. The molecule has 6 heteroatoms. The van der Waals surface area contributed by atoms with Gasteiger partial charge in [-0.25, -0.2) is 4.98 Å². The number of nitrogens with one attached hydrogen (secondary N) is 1. The number of carbonyl (C=O) groups excluding carboxylic acids is 1. The van der Waals surface area contributed by atoms with Gasteiger partial charge in [-0.15, -0.1) is 0 Å². The van der Waals surface area contributed by atoms with Crippen LogP contribution in [0.2, 0.25) is 5.02 Å². The van der Waals surface area contributed by atoms with Crippen molar-refractivity contribution in [3.05, 3.63) is 23.4 Å². The molecular formula is C15H22ClN3O2. The van der Waals surface area contributed by atoms with Gasteiger partial charge in [0.15, 0.2) is 0 Å². The molecule has 1 fully saturated rings. The van der Waals surface area contributed by atoms with Gasteiger partial charge in [-0.05, 0) is 31.4 Å². The predicted octanol–water partition coefficient (Wildman–Crippen LogP) is 1.84. The zero-order valence-corrected chi connectivity index (χ0v) is 13.0. The fraction of sp³-hybridized carbons (Fsp3) is 0.600. The smallest absolute Gasteiger partial charge is 0.223 e. The highest BCUT2D eigenvalue weighted by atomic mass is 35.5. The van der Waals surface area contributed by atoms with Crippen molar-refractivity contribution < 1.29 is 9.90 Å². The molecule has 1 aliphatic heterocycles. The number of hydrogen-bond acceptors (Lipinski definition) is 4. The Labute approximate surface area is 130 Å². The average Bonchev–Trinajstić information content (AvgIpc) is 2.53. The Bertz CT molecular complexity index is 454. The van der Waals surface area contributed by atoms with E-state index in [2.05, 4.69) is 15.2 Å². The second kappa shape index (κ2) is 7.61. The lowest BCUT2D eigenvalue weighted by Gasteiger charge is -2.32. The van der Waals surface area contributed by atoms with Crippen LogP contribution in [0.3, 0.4) is 0 Å². The highest BCUT2D eigenvalue weighted by molar-refractivity contribution is 6.30. The van der Waals surface area contributed by atoms with Crippen LogP contribution in [-0.2, 0) is 4.79 Å². The van der Waals surface area contributed by atoms with Crippen molar-refractivity contribution in [3.8, 4) is 0 Å². The van der Waals surface area contributed by atoms with Crippen LogP contribution in [0.1, 0.15) is 26.2 Å². The van der Waals surface area contributed by atoms with Gasteiger partial charge >= 0.3 is 0 Å². The summed E-state index contributed by atoms with van der Waals surface area (Å²) in [4.78, 5) is 18.6. The summed E-state index contributed by atoms with van der Waals surface area (Å²) in [6, 6.07) is 3.60. The number of anilines is 1. The Balaban J connectivity index is 1.85. The van der Waals surface area contributed by atoms with E-state index >= 15 is 0 Å². The quantitative estimate of drug-likeness (QED) is 0.871. The molecule has 1 atom stereocenters. The fourth-order valence-corrected chi connectivity index (χ4v) is 2.63. The number of aliphatic hydroxyl groups is 1. The minimum atomic E-state index is -0.131. The maximum atomic E-state index is 12.1. The second-order valence-corrected chi connectivity index (χ2v) is 5.83. The average molecular weight is 312 g/mol. The first-order chi connectivity index (χ1) is 10.1.